The van der Waals surface area contributed by atoms with Crippen LogP contribution >= 0.6 is 27.3 Å². The van der Waals surface area contributed by atoms with E-state index in [9.17, 15) is 0 Å². The van der Waals surface area contributed by atoms with Gasteiger partial charge in [0, 0.05) is 12.7 Å². The molecule has 4 aromatic rings. The molecule has 0 N–H and O–H groups in total. The van der Waals surface area contributed by atoms with Gasteiger partial charge in [0.2, 0.25) is 0 Å². The quantitative estimate of drug-likeness (QED) is 0.554. The zero-order valence-electron chi connectivity index (χ0n) is 10.3. The molecular formula is C14H9BrN4S. The molecule has 1 aromatic carbocycles. The third-order valence-electron chi connectivity index (χ3n) is 3.17. The molecule has 0 saturated carbocycles. The summed E-state index contributed by atoms with van der Waals surface area (Å²) < 4.78 is 4.22. The minimum atomic E-state index is 0.785. The topological polar surface area (TPSA) is 43.6 Å². The van der Waals surface area contributed by atoms with Gasteiger partial charge in [0.05, 0.1) is 22.1 Å². The van der Waals surface area contributed by atoms with E-state index in [-0.39, 0.29) is 0 Å². The largest absolute Gasteiger partial charge is 0.325 e. The number of hydrogen-bond acceptors (Lipinski definition) is 4. The molecule has 3 heterocycles. The Bertz CT molecular complexity index is 912. The van der Waals surface area contributed by atoms with Crippen LogP contribution in [0.3, 0.4) is 0 Å². The van der Waals surface area contributed by atoms with Gasteiger partial charge in [0.25, 0.3) is 0 Å². The Morgan fingerprint density at radius 1 is 1.20 bits per heavy atom. The van der Waals surface area contributed by atoms with Crippen LogP contribution in [0, 0.1) is 0 Å². The highest BCUT2D eigenvalue weighted by atomic mass is 79.9. The number of imidazole rings is 1. The molecule has 0 aliphatic carbocycles. The van der Waals surface area contributed by atoms with Crippen LogP contribution < -0.4 is 0 Å². The summed E-state index contributed by atoms with van der Waals surface area (Å²) in [4.78, 5) is 13.0. The number of pyridine rings is 1. The van der Waals surface area contributed by atoms with Crippen molar-refractivity contribution in [2.24, 2.45) is 0 Å². The van der Waals surface area contributed by atoms with Crippen molar-refractivity contribution in [2.45, 2.75) is 6.54 Å². The van der Waals surface area contributed by atoms with Crippen molar-refractivity contribution >= 4 is 48.6 Å². The van der Waals surface area contributed by atoms with Crippen LogP contribution in [0.1, 0.15) is 5.56 Å². The molecule has 0 spiro atoms. The summed E-state index contributed by atoms with van der Waals surface area (Å²) in [6.07, 6.45) is 3.60. The average Bonchev–Trinajstić information content (AvgIpc) is 3.02. The first-order chi connectivity index (χ1) is 9.79. The highest BCUT2D eigenvalue weighted by molar-refractivity contribution is 9.11. The van der Waals surface area contributed by atoms with Crippen molar-refractivity contribution in [2.75, 3.05) is 0 Å². The summed E-state index contributed by atoms with van der Waals surface area (Å²) in [5.41, 5.74) is 4.10. The fourth-order valence-corrected chi connectivity index (χ4v) is 3.73. The highest BCUT2D eigenvalue weighted by Gasteiger charge is 2.06. The van der Waals surface area contributed by atoms with Crippen LogP contribution in [0.15, 0.2) is 46.8 Å². The molecule has 6 heteroatoms. The number of rotatable bonds is 2. The molecule has 0 aliphatic rings. The molecule has 0 fully saturated rings. The number of fused-ring (bicyclic) bond motifs is 2. The van der Waals surface area contributed by atoms with Gasteiger partial charge in [-0.2, -0.15) is 0 Å². The number of halogens is 1. The van der Waals surface area contributed by atoms with E-state index in [1.165, 1.54) is 10.3 Å². The summed E-state index contributed by atoms with van der Waals surface area (Å²) in [6.45, 7) is 0.785. The molecule has 20 heavy (non-hydrogen) atoms. The van der Waals surface area contributed by atoms with Crippen LogP contribution in [0.5, 0.6) is 0 Å². The summed E-state index contributed by atoms with van der Waals surface area (Å²) >= 11 is 5.08. The van der Waals surface area contributed by atoms with Crippen LogP contribution in [0.4, 0.5) is 0 Å². The van der Waals surface area contributed by atoms with E-state index in [0.29, 0.717) is 0 Å². The summed E-state index contributed by atoms with van der Waals surface area (Å²) in [5, 5.41) is 0. The van der Waals surface area contributed by atoms with Crippen molar-refractivity contribution in [3.05, 3.63) is 52.3 Å². The second-order valence-corrected chi connectivity index (χ2v) is 6.79. The van der Waals surface area contributed by atoms with Crippen molar-refractivity contribution in [3.63, 3.8) is 0 Å². The predicted molar refractivity (Wildman–Crippen MR) is 84.0 cm³/mol. The molecule has 0 radical (unpaired) electrons. The lowest BCUT2D eigenvalue weighted by molar-refractivity contribution is 0.826. The lowest BCUT2D eigenvalue weighted by Crippen LogP contribution is -1.97. The normalized spacial score (nSPS) is 11.4. The van der Waals surface area contributed by atoms with E-state index in [1.807, 2.05) is 18.5 Å². The molecule has 4 nitrogen and oxygen atoms in total. The van der Waals surface area contributed by atoms with E-state index in [0.717, 1.165) is 27.1 Å². The van der Waals surface area contributed by atoms with Crippen molar-refractivity contribution < 1.29 is 0 Å². The average molecular weight is 345 g/mol. The lowest BCUT2D eigenvalue weighted by Gasteiger charge is -2.04. The molecule has 0 bridgehead atoms. The Labute approximate surface area is 127 Å². The highest BCUT2D eigenvalue weighted by Crippen LogP contribution is 2.27. The molecule has 0 amide bonds. The number of nitrogens with zero attached hydrogens (tertiary/aromatic N) is 4. The fourth-order valence-electron chi connectivity index (χ4n) is 2.26. The Balaban J connectivity index is 1.76. The molecule has 0 aliphatic heterocycles. The maximum atomic E-state index is 4.41. The first-order valence-electron chi connectivity index (χ1n) is 6.10. The Morgan fingerprint density at radius 3 is 3.10 bits per heavy atom. The number of benzene rings is 1. The molecular weight excluding hydrogens is 336 g/mol. The second-order valence-electron chi connectivity index (χ2n) is 4.49. The Hall–Kier alpha value is -1.79. The SMILES string of the molecule is Brc1nc2ccc(Cn3cnc4ncccc43)cc2s1. The monoisotopic (exact) mass is 344 g/mol. The van der Waals surface area contributed by atoms with Crippen molar-refractivity contribution in [1.29, 1.82) is 0 Å². The predicted octanol–water partition coefficient (Wildman–Crippen LogP) is 3.85. The van der Waals surface area contributed by atoms with E-state index in [2.05, 4.69) is 53.6 Å². The number of aromatic nitrogens is 4. The van der Waals surface area contributed by atoms with Gasteiger partial charge in [0.1, 0.15) is 0 Å². The van der Waals surface area contributed by atoms with Gasteiger partial charge in [-0.15, -0.1) is 11.3 Å². The van der Waals surface area contributed by atoms with E-state index in [4.69, 9.17) is 0 Å². The fraction of sp³-hybridized carbons (Fsp3) is 0.0714. The summed E-state index contributed by atoms with van der Waals surface area (Å²) in [5.74, 6) is 0. The third-order valence-corrected chi connectivity index (χ3v) is 4.64. The van der Waals surface area contributed by atoms with Gasteiger partial charge >= 0.3 is 0 Å². The molecule has 0 saturated heterocycles. The third kappa shape index (κ3) is 2.01. The van der Waals surface area contributed by atoms with Crippen LogP contribution in [-0.4, -0.2) is 19.5 Å². The Morgan fingerprint density at radius 2 is 2.15 bits per heavy atom. The second kappa shape index (κ2) is 4.64. The maximum Gasteiger partial charge on any atom is 0.177 e. The number of thiazole rings is 1. The first-order valence-corrected chi connectivity index (χ1v) is 7.71. The molecule has 3 aromatic heterocycles. The van der Waals surface area contributed by atoms with E-state index < -0.39 is 0 Å². The zero-order chi connectivity index (χ0) is 13.5. The van der Waals surface area contributed by atoms with Gasteiger partial charge in [-0.1, -0.05) is 6.07 Å². The van der Waals surface area contributed by atoms with Crippen LogP contribution in [0.2, 0.25) is 0 Å². The number of hydrogen-bond donors (Lipinski definition) is 0. The minimum Gasteiger partial charge on any atom is -0.325 e. The zero-order valence-corrected chi connectivity index (χ0v) is 12.7. The van der Waals surface area contributed by atoms with Crippen LogP contribution in [0.25, 0.3) is 21.4 Å². The van der Waals surface area contributed by atoms with Gasteiger partial charge in [-0.3, -0.25) is 0 Å². The molecule has 0 atom stereocenters. The summed E-state index contributed by atoms with van der Waals surface area (Å²) in [7, 11) is 0. The van der Waals surface area contributed by atoms with Gasteiger partial charge in [0.15, 0.2) is 9.56 Å². The standard InChI is InChI=1S/C14H9BrN4S/c15-14-18-10-4-3-9(6-12(10)20-14)7-19-8-17-13-11(19)2-1-5-16-13/h1-6,8H,7H2. The summed E-state index contributed by atoms with van der Waals surface area (Å²) in [6, 6.07) is 10.3. The lowest BCUT2D eigenvalue weighted by atomic mass is 10.2. The molecule has 98 valence electrons. The van der Waals surface area contributed by atoms with Crippen molar-refractivity contribution in [1.82, 2.24) is 19.5 Å². The van der Waals surface area contributed by atoms with E-state index in [1.54, 1.807) is 17.5 Å². The smallest absolute Gasteiger partial charge is 0.177 e. The first kappa shape index (κ1) is 12.0. The van der Waals surface area contributed by atoms with Crippen molar-refractivity contribution in [3.8, 4) is 0 Å². The van der Waals surface area contributed by atoms with Gasteiger partial charge in [-0.25, -0.2) is 15.0 Å². The van der Waals surface area contributed by atoms with Crippen LogP contribution in [-0.2, 0) is 6.54 Å². The van der Waals surface area contributed by atoms with E-state index >= 15 is 0 Å². The Kier molecular flexibility index (Phi) is 2.78. The van der Waals surface area contributed by atoms with Gasteiger partial charge < -0.3 is 4.57 Å². The molecule has 4 rings (SSSR count). The maximum absolute atomic E-state index is 4.41. The minimum absolute atomic E-state index is 0.785. The van der Waals surface area contributed by atoms with Gasteiger partial charge in [-0.05, 0) is 45.8 Å². The molecule has 0 unspecified atom stereocenters.